The van der Waals surface area contributed by atoms with Crippen molar-refractivity contribution >= 4 is 33.4 Å². The molecule has 5 rings (SSSR count). The number of halogens is 1. The van der Waals surface area contributed by atoms with Crippen LogP contribution in [0.1, 0.15) is 11.1 Å². The predicted octanol–water partition coefficient (Wildman–Crippen LogP) is 2.68. The lowest BCUT2D eigenvalue weighted by Gasteiger charge is -2.36. The number of pyridine rings is 4. The van der Waals surface area contributed by atoms with Crippen LogP contribution in [0.3, 0.4) is 0 Å². The second-order valence-corrected chi connectivity index (χ2v) is 8.08. The number of aromatic nitrogens is 4. The van der Waals surface area contributed by atoms with Crippen LogP contribution in [0, 0.1) is 12.7 Å². The number of nitrogens with one attached hydrogen (secondary N) is 2. The minimum absolute atomic E-state index is 0.175. The van der Waals surface area contributed by atoms with Gasteiger partial charge in [0.1, 0.15) is 11.0 Å². The number of hydrogen-bond donors (Lipinski definition) is 2. The van der Waals surface area contributed by atoms with Gasteiger partial charge in [0.2, 0.25) is 0 Å². The van der Waals surface area contributed by atoms with Gasteiger partial charge in [-0.1, -0.05) is 0 Å². The zero-order valence-electron chi connectivity index (χ0n) is 18.0. The average molecular weight is 433 g/mol. The topological polar surface area (TPSA) is 90.0 Å². The molecule has 0 amide bonds. The average Bonchev–Trinajstić information content (AvgIpc) is 2.82. The summed E-state index contributed by atoms with van der Waals surface area (Å²) in [5.74, 6) is 0.364. The highest BCUT2D eigenvalue weighted by atomic mass is 19.1. The van der Waals surface area contributed by atoms with Gasteiger partial charge < -0.3 is 15.2 Å². The summed E-state index contributed by atoms with van der Waals surface area (Å²) in [5.41, 5.74) is 3.29. The molecule has 1 aliphatic heterocycles. The molecule has 0 aliphatic carbocycles. The second-order valence-electron chi connectivity index (χ2n) is 8.08. The number of H-pyrrole nitrogens is 1. The molecule has 1 fully saturated rings. The number of aromatic amines is 1. The summed E-state index contributed by atoms with van der Waals surface area (Å²) < 4.78 is 15.0. The minimum atomic E-state index is -0.401. The minimum Gasteiger partial charge on any atom is -0.371 e. The quantitative estimate of drug-likeness (QED) is 0.511. The summed E-state index contributed by atoms with van der Waals surface area (Å²) in [6.07, 6.45) is 5.23. The van der Waals surface area contributed by atoms with Gasteiger partial charge in [-0.15, -0.1) is 0 Å². The fraction of sp³-hybridized carbons (Fsp3) is 0.304. The highest BCUT2D eigenvalue weighted by Gasteiger charge is 2.20. The number of anilines is 2. The third-order valence-electron chi connectivity index (χ3n) is 6.02. The maximum atomic E-state index is 15.0. The van der Waals surface area contributed by atoms with Crippen LogP contribution in [0.15, 0.2) is 41.6 Å². The van der Waals surface area contributed by atoms with E-state index in [1.54, 1.807) is 25.4 Å². The molecule has 4 aromatic heterocycles. The van der Waals surface area contributed by atoms with E-state index in [2.05, 4.69) is 41.1 Å². The predicted molar refractivity (Wildman–Crippen MR) is 124 cm³/mol. The van der Waals surface area contributed by atoms with Gasteiger partial charge in [-0.3, -0.25) is 19.7 Å². The standard InChI is InChI=1S/C23H24FN7O/c1-14-9-18-21(29-23(14)32)19(24)16(11-27-18)13-30-5-7-31(8-6-30)17-10-15-3-4-26-22(25-2)20(15)28-12-17/h3-4,9-12H,5-8,13H2,1-2H3,(H,25,26)(H,29,32). The molecule has 0 bridgehead atoms. The molecule has 0 saturated carbocycles. The highest BCUT2D eigenvalue weighted by Crippen LogP contribution is 2.25. The van der Waals surface area contributed by atoms with E-state index in [4.69, 9.17) is 0 Å². The van der Waals surface area contributed by atoms with E-state index in [-0.39, 0.29) is 11.1 Å². The summed E-state index contributed by atoms with van der Waals surface area (Å²) in [4.78, 5) is 32.3. The fourth-order valence-corrected chi connectivity index (χ4v) is 4.17. The largest absolute Gasteiger partial charge is 0.371 e. The molecule has 8 nitrogen and oxygen atoms in total. The van der Waals surface area contributed by atoms with Crippen LogP contribution < -0.4 is 15.8 Å². The van der Waals surface area contributed by atoms with Crippen LogP contribution in [-0.4, -0.2) is 58.1 Å². The van der Waals surface area contributed by atoms with E-state index in [9.17, 15) is 4.79 Å². The van der Waals surface area contributed by atoms with Crippen LogP contribution in [0.5, 0.6) is 0 Å². The summed E-state index contributed by atoms with van der Waals surface area (Å²) >= 11 is 0. The first kappa shape index (κ1) is 20.3. The summed E-state index contributed by atoms with van der Waals surface area (Å²) in [6, 6.07) is 5.71. The lowest BCUT2D eigenvalue weighted by Crippen LogP contribution is -2.46. The molecule has 2 N–H and O–H groups in total. The molecule has 164 valence electrons. The van der Waals surface area contributed by atoms with Crippen LogP contribution in [-0.2, 0) is 6.54 Å². The first-order valence-electron chi connectivity index (χ1n) is 10.6. The zero-order chi connectivity index (χ0) is 22.2. The number of aryl methyl sites for hydroxylation is 1. The molecule has 5 heterocycles. The van der Waals surface area contributed by atoms with Crippen LogP contribution in [0.2, 0.25) is 0 Å². The maximum Gasteiger partial charge on any atom is 0.251 e. The normalized spacial score (nSPS) is 14.9. The Morgan fingerprint density at radius 3 is 2.72 bits per heavy atom. The van der Waals surface area contributed by atoms with Gasteiger partial charge >= 0.3 is 0 Å². The fourth-order valence-electron chi connectivity index (χ4n) is 4.17. The molecular formula is C23H24FN7O. The molecule has 0 unspecified atom stereocenters. The molecule has 4 aromatic rings. The Labute approximate surface area is 184 Å². The zero-order valence-corrected chi connectivity index (χ0v) is 18.0. The third kappa shape index (κ3) is 3.64. The molecule has 1 aliphatic rings. The number of fused-ring (bicyclic) bond motifs is 2. The molecule has 0 spiro atoms. The summed E-state index contributed by atoms with van der Waals surface area (Å²) in [5, 5.41) is 4.11. The Balaban J connectivity index is 1.30. The molecule has 9 heteroatoms. The van der Waals surface area contributed by atoms with Gasteiger partial charge in [0.05, 0.1) is 17.4 Å². The third-order valence-corrected chi connectivity index (χ3v) is 6.02. The lowest BCUT2D eigenvalue weighted by atomic mass is 10.1. The van der Waals surface area contributed by atoms with Crippen molar-refractivity contribution in [3.05, 3.63) is 64.1 Å². The smallest absolute Gasteiger partial charge is 0.251 e. The van der Waals surface area contributed by atoms with Gasteiger partial charge in [-0.05, 0) is 25.1 Å². The van der Waals surface area contributed by atoms with Gasteiger partial charge in [0.25, 0.3) is 5.56 Å². The van der Waals surface area contributed by atoms with Crippen molar-refractivity contribution in [1.29, 1.82) is 0 Å². The maximum absolute atomic E-state index is 15.0. The van der Waals surface area contributed by atoms with E-state index < -0.39 is 5.82 Å². The number of rotatable bonds is 4. The second kappa shape index (κ2) is 8.16. The molecule has 32 heavy (non-hydrogen) atoms. The SMILES string of the molecule is CNc1nccc2cc(N3CCN(Cc4cnc5cc(C)c(=O)[nH]c5c4F)CC3)cnc12. The molecule has 0 atom stereocenters. The first-order chi connectivity index (χ1) is 15.5. The number of hydrogen-bond acceptors (Lipinski definition) is 7. The highest BCUT2D eigenvalue weighted by molar-refractivity contribution is 5.89. The van der Waals surface area contributed by atoms with Crippen molar-refractivity contribution in [1.82, 2.24) is 24.8 Å². The Kier molecular flexibility index (Phi) is 5.18. The van der Waals surface area contributed by atoms with Gasteiger partial charge in [-0.25, -0.2) is 9.37 Å². The van der Waals surface area contributed by atoms with E-state index in [0.29, 0.717) is 23.2 Å². The van der Waals surface area contributed by atoms with Crippen molar-refractivity contribution in [3.63, 3.8) is 0 Å². The van der Waals surface area contributed by atoms with Crippen molar-refractivity contribution in [2.75, 3.05) is 43.4 Å². The van der Waals surface area contributed by atoms with E-state index >= 15 is 4.39 Å². The molecule has 1 saturated heterocycles. The lowest BCUT2D eigenvalue weighted by molar-refractivity contribution is 0.246. The Bertz CT molecular complexity index is 1360. The van der Waals surface area contributed by atoms with Crippen LogP contribution >= 0.6 is 0 Å². The number of nitrogens with zero attached hydrogens (tertiary/aromatic N) is 5. The Hall–Kier alpha value is -3.59. The van der Waals surface area contributed by atoms with Gasteiger partial charge in [0.15, 0.2) is 11.6 Å². The summed E-state index contributed by atoms with van der Waals surface area (Å²) in [7, 11) is 1.84. The van der Waals surface area contributed by atoms with Crippen LogP contribution in [0.25, 0.3) is 21.9 Å². The van der Waals surface area contributed by atoms with Crippen LogP contribution in [0.4, 0.5) is 15.9 Å². The molecular weight excluding hydrogens is 409 g/mol. The summed E-state index contributed by atoms with van der Waals surface area (Å²) in [6.45, 7) is 5.35. The molecule has 0 aromatic carbocycles. The van der Waals surface area contributed by atoms with E-state index in [1.165, 1.54) is 0 Å². The first-order valence-corrected chi connectivity index (χ1v) is 10.6. The Morgan fingerprint density at radius 2 is 1.94 bits per heavy atom. The van der Waals surface area contributed by atoms with Gasteiger partial charge in [-0.2, -0.15) is 0 Å². The van der Waals surface area contributed by atoms with Crippen molar-refractivity contribution in [3.8, 4) is 0 Å². The van der Waals surface area contributed by atoms with Crippen molar-refractivity contribution in [2.24, 2.45) is 0 Å². The monoisotopic (exact) mass is 433 g/mol. The van der Waals surface area contributed by atoms with Crippen molar-refractivity contribution < 1.29 is 4.39 Å². The number of piperazine rings is 1. The Morgan fingerprint density at radius 1 is 1.12 bits per heavy atom. The van der Waals surface area contributed by atoms with E-state index in [0.717, 1.165) is 48.6 Å². The molecule has 0 radical (unpaired) electrons. The van der Waals surface area contributed by atoms with Crippen molar-refractivity contribution in [2.45, 2.75) is 13.5 Å². The van der Waals surface area contributed by atoms with Gasteiger partial charge in [0, 0.05) is 68.7 Å². The van der Waals surface area contributed by atoms with E-state index in [1.807, 2.05) is 19.3 Å².